The van der Waals surface area contributed by atoms with E-state index in [1.165, 1.54) is 0 Å². The zero-order valence-corrected chi connectivity index (χ0v) is 27.9. The van der Waals surface area contributed by atoms with E-state index in [9.17, 15) is 15.3 Å². The first-order chi connectivity index (χ1) is 22.3. The second-order valence-electron chi connectivity index (χ2n) is 11.9. The van der Waals surface area contributed by atoms with Crippen molar-refractivity contribution < 1.29 is 24.8 Å². The molecule has 0 unspecified atom stereocenters. The predicted molar refractivity (Wildman–Crippen MR) is 184 cm³/mol. The molecule has 3 aromatic carbocycles. The highest BCUT2D eigenvalue weighted by atomic mass is 16.5. The maximum atomic E-state index is 11.2. The van der Waals surface area contributed by atoms with Crippen LogP contribution in [0.15, 0.2) is 54.6 Å². The summed E-state index contributed by atoms with van der Waals surface area (Å²) < 4.78 is 12.4. The lowest BCUT2D eigenvalue weighted by Crippen LogP contribution is -2.15. The molecule has 0 amide bonds. The fraction of sp³-hybridized carbons (Fsp3) is 0.447. The van der Waals surface area contributed by atoms with Crippen molar-refractivity contribution in [1.82, 2.24) is 15.0 Å². The van der Waals surface area contributed by atoms with Crippen LogP contribution in [0, 0.1) is 0 Å². The van der Waals surface area contributed by atoms with E-state index in [4.69, 9.17) is 14.5 Å². The number of aromatic nitrogens is 3. The van der Waals surface area contributed by atoms with Gasteiger partial charge in [0.25, 0.3) is 0 Å². The van der Waals surface area contributed by atoms with Gasteiger partial charge in [0, 0.05) is 12.1 Å². The van der Waals surface area contributed by atoms with Crippen molar-refractivity contribution >= 4 is 0 Å². The van der Waals surface area contributed by atoms with E-state index in [0.717, 1.165) is 69.8 Å². The van der Waals surface area contributed by atoms with E-state index < -0.39 is 0 Å². The smallest absolute Gasteiger partial charge is 0.167 e. The van der Waals surface area contributed by atoms with Gasteiger partial charge in [0.1, 0.15) is 28.7 Å². The zero-order valence-electron chi connectivity index (χ0n) is 27.9. The Morgan fingerprint density at radius 1 is 0.500 bits per heavy atom. The standard InChI is InChI=1S/C38H49N3O5/c1-6-11-25-16-19-30(33(42)22-25)36-39-37(31-20-17-28(23-34(31)43)45-26(12-7-2)13-8-3)41-38(40-36)32-21-18-29(24-35(32)44)46-27(14-9-4)15-10-5/h16-24,26-27,42-44H,6-15H2,1-5H3. The van der Waals surface area contributed by atoms with Crippen LogP contribution in [0.1, 0.15) is 98.0 Å². The minimum Gasteiger partial charge on any atom is -0.507 e. The number of phenolic OH excluding ortho intramolecular Hbond substituents is 3. The Balaban J connectivity index is 1.77. The van der Waals surface area contributed by atoms with Gasteiger partial charge in [0.15, 0.2) is 17.5 Å². The molecule has 46 heavy (non-hydrogen) atoms. The minimum absolute atomic E-state index is 0.0410. The van der Waals surface area contributed by atoms with Crippen LogP contribution in [-0.2, 0) is 6.42 Å². The molecule has 0 saturated carbocycles. The summed E-state index contributed by atoms with van der Waals surface area (Å²) in [5.41, 5.74) is 2.19. The highest BCUT2D eigenvalue weighted by molar-refractivity contribution is 5.74. The summed E-state index contributed by atoms with van der Waals surface area (Å²) in [4.78, 5) is 14.1. The van der Waals surface area contributed by atoms with E-state index in [2.05, 4.69) is 44.6 Å². The van der Waals surface area contributed by atoms with Crippen molar-refractivity contribution in [3.05, 3.63) is 60.2 Å². The second-order valence-corrected chi connectivity index (χ2v) is 11.9. The molecule has 4 rings (SSSR count). The number of aryl methyl sites for hydroxylation is 1. The first kappa shape index (κ1) is 34.5. The number of ether oxygens (including phenoxy) is 2. The van der Waals surface area contributed by atoms with E-state index in [0.29, 0.717) is 28.2 Å². The summed E-state index contributed by atoms with van der Waals surface area (Å²) in [6, 6.07) is 15.7. The first-order valence-electron chi connectivity index (χ1n) is 16.9. The number of hydrogen-bond donors (Lipinski definition) is 3. The van der Waals surface area contributed by atoms with Crippen LogP contribution in [0.3, 0.4) is 0 Å². The van der Waals surface area contributed by atoms with Crippen LogP contribution in [-0.4, -0.2) is 42.5 Å². The highest BCUT2D eigenvalue weighted by Crippen LogP contribution is 2.37. The van der Waals surface area contributed by atoms with E-state index in [1.54, 1.807) is 48.5 Å². The lowest BCUT2D eigenvalue weighted by atomic mass is 10.1. The van der Waals surface area contributed by atoms with Gasteiger partial charge in [0.05, 0.1) is 28.9 Å². The van der Waals surface area contributed by atoms with Crippen LogP contribution in [0.4, 0.5) is 0 Å². The van der Waals surface area contributed by atoms with Gasteiger partial charge in [-0.3, -0.25) is 0 Å². The third kappa shape index (κ3) is 8.89. The summed E-state index contributed by atoms with van der Waals surface area (Å²) >= 11 is 0. The van der Waals surface area contributed by atoms with Crippen LogP contribution in [0.5, 0.6) is 28.7 Å². The van der Waals surface area contributed by atoms with Crippen molar-refractivity contribution in [3.63, 3.8) is 0 Å². The maximum Gasteiger partial charge on any atom is 0.167 e. The van der Waals surface area contributed by atoms with Gasteiger partial charge < -0.3 is 24.8 Å². The van der Waals surface area contributed by atoms with E-state index >= 15 is 0 Å². The van der Waals surface area contributed by atoms with Crippen LogP contribution >= 0.6 is 0 Å². The monoisotopic (exact) mass is 627 g/mol. The Labute approximate surface area is 273 Å². The average molecular weight is 628 g/mol. The van der Waals surface area contributed by atoms with Crippen molar-refractivity contribution in [2.24, 2.45) is 0 Å². The molecule has 0 aliphatic rings. The molecule has 4 aromatic rings. The molecule has 0 atom stereocenters. The molecule has 0 aliphatic heterocycles. The molecular formula is C38H49N3O5. The summed E-state index contributed by atoms with van der Waals surface area (Å²) in [7, 11) is 0. The minimum atomic E-state index is -0.0410. The Kier molecular flexibility index (Phi) is 12.6. The molecule has 3 N–H and O–H groups in total. The Morgan fingerprint density at radius 2 is 0.870 bits per heavy atom. The normalized spacial score (nSPS) is 11.4. The summed E-state index contributed by atoms with van der Waals surface area (Å²) in [6.07, 6.45) is 9.70. The molecule has 0 spiro atoms. The van der Waals surface area contributed by atoms with Gasteiger partial charge in [0.2, 0.25) is 0 Å². The molecule has 1 heterocycles. The molecule has 8 nitrogen and oxygen atoms in total. The van der Waals surface area contributed by atoms with Gasteiger partial charge in [-0.2, -0.15) is 0 Å². The molecule has 8 heteroatoms. The van der Waals surface area contributed by atoms with Gasteiger partial charge in [-0.25, -0.2) is 15.0 Å². The molecular weight excluding hydrogens is 578 g/mol. The van der Waals surface area contributed by atoms with E-state index in [1.807, 2.05) is 6.07 Å². The lowest BCUT2D eigenvalue weighted by Gasteiger charge is -2.19. The van der Waals surface area contributed by atoms with Gasteiger partial charge in [-0.05, 0) is 74.1 Å². The molecule has 0 saturated heterocycles. The van der Waals surface area contributed by atoms with Gasteiger partial charge in [-0.15, -0.1) is 0 Å². The fourth-order valence-corrected chi connectivity index (χ4v) is 5.69. The first-order valence-corrected chi connectivity index (χ1v) is 16.9. The summed E-state index contributed by atoms with van der Waals surface area (Å²) in [6.45, 7) is 10.6. The molecule has 1 aromatic heterocycles. The Bertz CT molecular complexity index is 1480. The third-order valence-electron chi connectivity index (χ3n) is 7.95. The number of phenols is 3. The van der Waals surface area contributed by atoms with Crippen LogP contribution in [0.25, 0.3) is 34.2 Å². The highest BCUT2D eigenvalue weighted by Gasteiger charge is 2.20. The zero-order chi connectivity index (χ0) is 33.1. The number of hydrogen-bond acceptors (Lipinski definition) is 8. The Hall–Kier alpha value is -4.33. The number of nitrogens with zero attached hydrogens (tertiary/aromatic N) is 3. The average Bonchev–Trinajstić information content (AvgIpc) is 3.02. The summed E-state index contributed by atoms with van der Waals surface area (Å²) in [5, 5.41) is 33.3. The molecule has 0 radical (unpaired) electrons. The topological polar surface area (TPSA) is 118 Å². The number of aromatic hydroxyl groups is 3. The molecule has 246 valence electrons. The van der Waals surface area contributed by atoms with Gasteiger partial charge in [-0.1, -0.05) is 72.8 Å². The quantitative estimate of drug-likeness (QED) is 0.106. The largest absolute Gasteiger partial charge is 0.507 e. The van der Waals surface area contributed by atoms with Crippen molar-refractivity contribution in [2.75, 3.05) is 0 Å². The van der Waals surface area contributed by atoms with Crippen molar-refractivity contribution in [2.45, 2.75) is 111 Å². The van der Waals surface area contributed by atoms with Crippen molar-refractivity contribution in [3.8, 4) is 62.9 Å². The molecule has 0 bridgehead atoms. The second kappa shape index (κ2) is 16.8. The number of rotatable bonds is 17. The maximum absolute atomic E-state index is 11.2. The third-order valence-corrected chi connectivity index (χ3v) is 7.95. The summed E-state index contributed by atoms with van der Waals surface area (Å²) in [5.74, 6) is 1.73. The van der Waals surface area contributed by atoms with Crippen LogP contribution < -0.4 is 9.47 Å². The SMILES string of the molecule is CCCc1ccc(-c2nc(-c3ccc(OC(CCC)CCC)cc3O)nc(-c3ccc(OC(CCC)CCC)cc3O)n2)c(O)c1. The van der Waals surface area contributed by atoms with Crippen molar-refractivity contribution in [1.29, 1.82) is 0 Å². The van der Waals surface area contributed by atoms with Gasteiger partial charge >= 0.3 is 0 Å². The molecule has 0 fully saturated rings. The van der Waals surface area contributed by atoms with Crippen LogP contribution in [0.2, 0.25) is 0 Å². The Morgan fingerprint density at radius 3 is 1.20 bits per heavy atom. The molecule has 0 aliphatic carbocycles. The fourth-order valence-electron chi connectivity index (χ4n) is 5.69. The number of benzene rings is 3. The predicted octanol–water partition coefficient (Wildman–Crippen LogP) is 9.64. The lowest BCUT2D eigenvalue weighted by molar-refractivity contribution is 0.178. The van der Waals surface area contributed by atoms with E-state index in [-0.39, 0.29) is 46.9 Å².